The minimum atomic E-state index is -0.622. The molecule has 0 bridgehead atoms. The Kier molecular flexibility index (Phi) is 7.31. The summed E-state index contributed by atoms with van der Waals surface area (Å²) in [4.78, 5) is 14.7. The molecule has 0 aliphatic carbocycles. The number of aliphatic hydroxyl groups is 1. The number of carbonyl (C=O) groups is 1. The van der Waals surface area contributed by atoms with Crippen molar-refractivity contribution < 1.29 is 14.6 Å². The fraction of sp³-hybridized carbons (Fsp3) is 0.333. The molecule has 0 radical (unpaired) electrons. The second-order valence-corrected chi connectivity index (χ2v) is 8.49. The van der Waals surface area contributed by atoms with Crippen LogP contribution in [0.1, 0.15) is 19.0 Å². The second kappa shape index (κ2) is 10.6. The summed E-state index contributed by atoms with van der Waals surface area (Å²) >= 11 is 0. The van der Waals surface area contributed by atoms with Gasteiger partial charge in [-0.05, 0) is 59.2 Å². The van der Waals surface area contributed by atoms with Crippen molar-refractivity contribution >= 4 is 28.4 Å². The first-order valence-corrected chi connectivity index (χ1v) is 11.6. The number of nitrogens with one attached hydrogen (secondary N) is 1. The summed E-state index contributed by atoms with van der Waals surface area (Å²) in [6.45, 7) is 5.29. The molecule has 1 unspecified atom stereocenters. The van der Waals surface area contributed by atoms with E-state index in [4.69, 9.17) is 4.74 Å². The van der Waals surface area contributed by atoms with Crippen LogP contribution < -0.4 is 10.2 Å². The molecule has 7 nitrogen and oxygen atoms in total. The van der Waals surface area contributed by atoms with Crippen LogP contribution in [0.25, 0.3) is 28.1 Å². The van der Waals surface area contributed by atoms with Crippen LogP contribution in [-0.4, -0.2) is 54.5 Å². The Morgan fingerprint density at radius 3 is 2.65 bits per heavy atom. The number of hydrogen-bond acceptors (Lipinski definition) is 5. The first-order chi connectivity index (χ1) is 16.5. The van der Waals surface area contributed by atoms with Gasteiger partial charge in [-0.25, -0.2) is 0 Å². The van der Waals surface area contributed by atoms with E-state index in [1.54, 1.807) is 6.08 Å². The lowest BCUT2D eigenvalue weighted by atomic mass is 10.0. The van der Waals surface area contributed by atoms with Crippen LogP contribution >= 0.6 is 0 Å². The predicted molar refractivity (Wildman–Crippen MR) is 134 cm³/mol. The quantitative estimate of drug-likeness (QED) is 0.418. The van der Waals surface area contributed by atoms with E-state index >= 15 is 0 Å². The van der Waals surface area contributed by atoms with E-state index in [1.807, 2.05) is 36.7 Å². The van der Waals surface area contributed by atoms with E-state index in [1.165, 1.54) is 11.1 Å². The van der Waals surface area contributed by atoms with Gasteiger partial charge in [0.25, 0.3) is 5.91 Å². The van der Waals surface area contributed by atoms with Crippen molar-refractivity contribution in [3.63, 3.8) is 0 Å². The van der Waals surface area contributed by atoms with Gasteiger partial charge in [0.2, 0.25) is 0 Å². The third-order valence-corrected chi connectivity index (χ3v) is 6.28. The second-order valence-electron chi connectivity index (χ2n) is 8.49. The number of carbonyl (C=O) groups excluding carboxylic acids is 1. The van der Waals surface area contributed by atoms with Crippen LogP contribution in [0.4, 0.5) is 5.69 Å². The number of nitrogens with zero attached hydrogens (tertiary/aromatic N) is 3. The summed E-state index contributed by atoms with van der Waals surface area (Å²) in [6.07, 6.45) is 1.49. The van der Waals surface area contributed by atoms with Gasteiger partial charge in [-0.2, -0.15) is 5.26 Å². The van der Waals surface area contributed by atoms with Gasteiger partial charge in [-0.1, -0.05) is 25.1 Å². The molecule has 1 aromatic heterocycles. The molecule has 7 heteroatoms. The van der Waals surface area contributed by atoms with Gasteiger partial charge >= 0.3 is 0 Å². The summed E-state index contributed by atoms with van der Waals surface area (Å²) in [5.41, 5.74) is 4.02. The Labute approximate surface area is 199 Å². The zero-order valence-corrected chi connectivity index (χ0v) is 19.6. The Bertz CT molecular complexity index is 1250. The third kappa shape index (κ3) is 5.14. The summed E-state index contributed by atoms with van der Waals surface area (Å²) < 4.78 is 7.43. The number of rotatable bonds is 7. The minimum absolute atomic E-state index is 0.00482. The van der Waals surface area contributed by atoms with E-state index in [2.05, 4.69) is 46.6 Å². The summed E-state index contributed by atoms with van der Waals surface area (Å²) in [7, 11) is 1.92. The first kappa shape index (κ1) is 23.6. The highest BCUT2D eigenvalue weighted by atomic mass is 16.5. The van der Waals surface area contributed by atoms with Crippen LogP contribution in [0.15, 0.2) is 54.1 Å². The summed E-state index contributed by atoms with van der Waals surface area (Å²) in [5, 5.41) is 24.1. The third-order valence-electron chi connectivity index (χ3n) is 6.28. The van der Waals surface area contributed by atoms with Crippen molar-refractivity contribution in [3.8, 4) is 17.3 Å². The van der Waals surface area contributed by atoms with Gasteiger partial charge in [0.05, 0.1) is 19.3 Å². The molecule has 176 valence electrons. The average molecular weight is 459 g/mol. The molecular weight excluding hydrogens is 428 g/mol. The number of hydrogen-bond donors (Lipinski definition) is 2. The Morgan fingerprint density at radius 1 is 1.18 bits per heavy atom. The van der Waals surface area contributed by atoms with Crippen LogP contribution in [0.3, 0.4) is 0 Å². The molecule has 1 aliphatic heterocycles. The summed E-state index contributed by atoms with van der Waals surface area (Å²) in [6, 6.07) is 18.8. The topological polar surface area (TPSA) is 90.5 Å². The van der Waals surface area contributed by atoms with E-state index < -0.39 is 12.0 Å². The molecule has 1 aliphatic rings. The number of anilines is 1. The van der Waals surface area contributed by atoms with Crippen molar-refractivity contribution in [1.29, 1.82) is 5.26 Å². The average Bonchev–Trinajstić information content (AvgIpc) is 3.25. The molecule has 2 aromatic carbocycles. The maximum Gasteiger partial charge on any atom is 0.262 e. The number of aromatic nitrogens is 1. The smallest absolute Gasteiger partial charge is 0.262 e. The van der Waals surface area contributed by atoms with Gasteiger partial charge in [0.15, 0.2) is 0 Å². The van der Waals surface area contributed by atoms with Crippen molar-refractivity contribution in [1.82, 2.24) is 9.88 Å². The molecule has 3 aromatic rings. The Balaban J connectivity index is 1.56. The van der Waals surface area contributed by atoms with Crippen molar-refractivity contribution in [2.24, 2.45) is 7.05 Å². The highest BCUT2D eigenvalue weighted by molar-refractivity contribution is 6.01. The molecule has 2 N–H and O–H groups in total. The Hall–Kier alpha value is -3.60. The molecule has 0 spiro atoms. The van der Waals surface area contributed by atoms with E-state index in [9.17, 15) is 15.2 Å². The highest BCUT2D eigenvalue weighted by Crippen LogP contribution is 2.29. The fourth-order valence-electron chi connectivity index (χ4n) is 4.12. The predicted octanol–water partition coefficient (Wildman–Crippen LogP) is 3.48. The van der Waals surface area contributed by atoms with E-state index in [-0.39, 0.29) is 12.1 Å². The van der Waals surface area contributed by atoms with Gasteiger partial charge in [-0.3, -0.25) is 4.79 Å². The lowest BCUT2D eigenvalue weighted by Crippen LogP contribution is -2.36. The molecule has 1 atom stereocenters. The number of fused-ring (bicyclic) bond motifs is 1. The molecule has 1 saturated heterocycles. The maximum absolute atomic E-state index is 12.3. The maximum atomic E-state index is 12.3. The number of amides is 1. The lowest BCUT2D eigenvalue weighted by Gasteiger charge is -2.29. The highest BCUT2D eigenvalue weighted by Gasteiger charge is 2.14. The van der Waals surface area contributed by atoms with Crippen molar-refractivity contribution in [3.05, 3.63) is 59.8 Å². The monoisotopic (exact) mass is 458 g/mol. The molecule has 0 saturated carbocycles. The van der Waals surface area contributed by atoms with Gasteiger partial charge in [-0.15, -0.1) is 0 Å². The van der Waals surface area contributed by atoms with Crippen LogP contribution in [-0.2, 0) is 16.6 Å². The number of nitriles is 1. The molecule has 1 amide bonds. The zero-order valence-electron chi connectivity index (χ0n) is 19.6. The SMILES string of the molecule is CCC(O)CNC(=O)/C(C#N)=C/c1ccc(-c2ccc3cc(N4CCOCC4)ccc3c2)n1C. The molecule has 1 fully saturated rings. The number of morpholine rings is 1. The molecule has 4 rings (SSSR count). The minimum Gasteiger partial charge on any atom is -0.391 e. The fourth-order valence-corrected chi connectivity index (χ4v) is 4.12. The van der Waals surface area contributed by atoms with E-state index in [0.717, 1.165) is 48.6 Å². The van der Waals surface area contributed by atoms with Crippen molar-refractivity contribution in [2.75, 3.05) is 37.7 Å². The Morgan fingerprint density at radius 2 is 1.91 bits per heavy atom. The normalized spacial score (nSPS) is 15.2. The molecule has 34 heavy (non-hydrogen) atoms. The lowest BCUT2D eigenvalue weighted by molar-refractivity contribution is -0.117. The number of aliphatic hydroxyl groups excluding tert-OH is 1. The molecular formula is C27H30N4O3. The number of benzene rings is 2. The van der Waals surface area contributed by atoms with Gasteiger partial charge < -0.3 is 24.6 Å². The van der Waals surface area contributed by atoms with Crippen LogP contribution in [0, 0.1) is 11.3 Å². The van der Waals surface area contributed by atoms with Crippen LogP contribution in [0.2, 0.25) is 0 Å². The van der Waals surface area contributed by atoms with Crippen molar-refractivity contribution in [2.45, 2.75) is 19.4 Å². The van der Waals surface area contributed by atoms with Gasteiger partial charge in [0, 0.05) is 43.8 Å². The van der Waals surface area contributed by atoms with E-state index in [0.29, 0.717) is 6.42 Å². The largest absolute Gasteiger partial charge is 0.391 e. The first-order valence-electron chi connectivity index (χ1n) is 11.6. The zero-order chi connectivity index (χ0) is 24.1. The van der Waals surface area contributed by atoms with Crippen LogP contribution in [0.5, 0.6) is 0 Å². The van der Waals surface area contributed by atoms with Gasteiger partial charge in [0.1, 0.15) is 11.6 Å². The number of ether oxygens (including phenoxy) is 1. The standard InChI is InChI=1S/C27H30N4O3/c1-3-25(32)18-29-27(33)22(17-28)16-23-8-9-26(30(23)2)21-5-4-20-15-24(7-6-19(20)14-21)31-10-12-34-13-11-31/h4-9,14-16,25,32H,3,10-13,18H2,1-2H3,(H,29,33)/b22-16+. The molecule has 2 heterocycles. The summed E-state index contributed by atoms with van der Waals surface area (Å²) in [5.74, 6) is -0.487.